The summed E-state index contributed by atoms with van der Waals surface area (Å²) < 4.78 is 2.82. The highest BCUT2D eigenvalue weighted by atomic mass is 79.9. The fraction of sp³-hybridized carbons (Fsp3) is 0.529. The van der Waals surface area contributed by atoms with Crippen LogP contribution in [0.4, 0.5) is 0 Å². The van der Waals surface area contributed by atoms with Crippen molar-refractivity contribution < 1.29 is 4.79 Å². The van der Waals surface area contributed by atoms with Gasteiger partial charge in [0.15, 0.2) is 5.65 Å². The van der Waals surface area contributed by atoms with E-state index >= 15 is 0 Å². The first-order chi connectivity index (χ1) is 10.6. The molecule has 1 N–H and O–H groups in total. The molecule has 2 heterocycles. The summed E-state index contributed by atoms with van der Waals surface area (Å²) in [5, 5.41) is 3.22. The van der Waals surface area contributed by atoms with Crippen LogP contribution in [0.2, 0.25) is 0 Å². The summed E-state index contributed by atoms with van der Waals surface area (Å²) in [7, 11) is 0. The predicted molar refractivity (Wildman–Crippen MR) is 91.3 cm³/mol. The summed E-state index contributed by atoms with van der Waals surface area (Å²) in [6.07, 6.45) is 9.14. The zero-order chi connectivity index (χ0) is 15.7. The number of carbonyl (C=O) groups is 1. The van der Waals surface area contributed by atoms with Gasteiger partial charge in [0, 0.05) is 12.2 Å². The Morgan fingerprint density at radius 3 is 2.64 bits per heavy atom. The van der Waals surface area contributed by atoms with E-state index in [1.165, 1.54) is 25.7 Å². The van der Waals surface area contributed by atoms with Crippen molar-refractivity contribution in [1.29, 1.82) is 0 Å². The molecule has 0 atom stereocenters. The maximum atomic E-state index is 12.8. The molecule has 2 aromatic rings. The Kier molecular flexibility index (Phi) is 4.52. The first kappa shape index (κ1) is 15.5. The summed E-state index contributed by atoms with van der Waals surface area (Å²) >= 11 is 3.54. The van der Waals surface area contributed by atoms with Crippen molar-refractivity contribution in [3.8, 4) is 0 Å². The lowest BCUT2D eigenvalue weighted by molar-refractivity contribution is 0.0926. The van der Waals surface area contributed by atoms with Gasteiger partial charge in [-0.05, 0) is 54.2 Å². The lowest BCUT2D eigenvalue weighted by Gasteiger charge is -2.16. The maximum absolute atomic E-state index is 12.8. The molecular weight excluding hydrogens is 342 g/mol. The van der Waals surface area contributed by atoms with Gasteiger partial charge in [-0.1, -0.05) is 25.7 Å². The number of pyridine rings is 1. The number of carbonyl (C=O) groups excluding carboxylic acids is 1. The van der Waals surface area contributed by atoms with E-state index in [4.69, 9.17) is 0 Å². The molecule has 22 heavy (non-hydrogen) atoms. The van der Waals surface area contributed by atoms with Gasteiger partial charge in [-0.3, -0.25) is 9.20 Å². The Morgan fingerprint density at radius 2 is 1.95 bits per heavy atom. The molecule has 2 aromatic heterocycles. The van der Waals surface area contributed by atoms with E-state index in [0.717, 1.165) is 34.2 Å². The number of nitrogens with zero attached hydrogens (tertiary/aromatic N) is 2. The molecule has 1 aliphatic carbocycles. The number of hydrogen-bond donors (Lipinski definition) is 1. The zero-order valence-electron chi connectivity index (χ0n) is 13.2. The average Bonchev–Trinajstić information content (AvgIpc) is 2.62. The summed E-state index contributed by atoms with van der Waals surface area (Å²) in [6.45, 7) is 3.92. The van der Waals surface area contributed by atoms with Gasteiger partial charge >= 0.3 is 0 Å². The Balaban J connectivity index is 1.91. The third-order valence-corrected chi connectivity index (χ3v) is 4.98. The van der Waals surface area contributed by atoms with Gasteiger partial charge < -0.3 is 5.32 Å². The van der Waals surface area contributed by atoms with Gasteiger partial charge in [0.1, 0.15) is 5.69 Å². The zero-order valence-corrected chi connectivity index (χ0v) is 14.7. The van der Waals surface area contributed by atoms with E-state index in [-0.39, 0.29) is 5.91 Å². The van der Waals surface area contributed by atoms with Crippen LogP contribution in [-0.2, 0) is 0 Å². The smallest absolute Gasteiger partial charge is 0.270 e. The number of aryl methyl sites for hydroxylation is 2. The van der Waals surface area contributed by atoms with Crippen molar-refractivity contribution in [3.63, 3.8) is 0 Å². The minimum atomic E-state index is -0.00519. The average molecular weight is 364 g/mol. The van der Waals surface area contributed by atoms with Crippen molar-refractivity contribution >= 4 is 27.5 Å². The molecule has 0 radical (unpaired) electrons. The van der Waals surface area contributed by atoms with Crippen molar-refractivity contribution in [2.45, 2.75) is 58.4 Å². The van der Waals surface area contributed by atoms with Crippen molar-refractivity contribution in [2.75, 3.05) is 0 Å². The number of hydrogen-bond acceptors (Lipinski definition) is 2. The quantitative estimate of drug-likeness (QED) is 0.814. The van der Waals surface area contributed by atoms with Crippen LogP contribution in [0.3, 0.4) is 0 Å². The van der Waals surface area contributed by atoms with Crippen LogP contribution in [0.5, 0.6) is 0 Å². The van der Waals surface area contributed by atoms with Gasteiger partial charge in [0.25, 0.3) is 5.91 Å². The van der Waals surface area contributed by atoms with E-state index in [2.05, 4.69) is 26.2 Å². The lowest BCUT2D eigenvalue weighted by atomic mass is 10.1. The Labute approximate surface area is 139 Å². The number of fused-ring (bicyclic) bond motifs is 1. The van der Waals surface area contributed by atoms with Gasteiger partial charge in [-0.15, -0.1) is 0 Å². The minimum Gasteiger partial charge on any atom is -0.348 e. The Bertz CT molecular complexity index is 699. The Morgan fingerprint density at radius 1 is 1.27 bits per heavy atom. The molecule has 1 fully saturated rings. The molecule has 3 rings (SSSR count). The highest BCUT2D eigenvalue weighted by Crippen LogP contribution is 2.23. The number of rotatable bonds is 2. The summed E-state index contributed by atoms with van der Waals surface area (Å²) in [5.74, 6) is -0.00519. The molecular formula is C17H22BrN3O. The number of amides is 1. The summed E-state index contributed by atoms with van der Waals surface area (Å²) in [6, 6.07) is 2.32. The first-order valence-corrected chi connectivity index (χ1v) is 8.81. The lowest BCUT2D eigenvalue weighted by Crippen LogP contribution is -2.35. The molecule has 0 aliphatic heterocycles. The molecule has 1 saturated carbocycles. The van der Waals surface area contributed by atoms with Crippen LogP contribution in [0.15, 0.2) is 16.7 Å². The fourth-order valence-corrected chi connectivity index (χ4v) is 3.94. The van der Waals surface area contributed by atoms with E-state index < -0.39 is 0 Å². The van der Waals surface area contributed by atoms with Crippen LogP contribution in [0, 0.1) is 13.8 Å². The molecule has 0 bridgehead atoms. The van der Waals surface area contributed by atoms with Crippen LogP contribution in [0.1, 0.15) is 60.3 Å². The summed E-state index contributed by atoms with van der Waals surface area (Å²) in [4.78, 5) is 17.3. The highest BCUT2D eigenvalue weighted by Gasteiger charge is 2.21. The molecule has 1 aliphatic rings. The standard InChI is InChI=1S/C17H22BrN3O/c1-11-9-14(18)16-19-12(2)15(21(16)10-11)17(22)20-13-7-5-3-4-6-8-13/h9-10,13H,3-8H2,1-2H3,(H,20,22). The molecule has 118 valence electrons. The number of aromatic nitrogens is 2. The second kappa shape index (κ2) is 6.41. The minimum absolute atomic E-state index is 0.00519. The van der Waals surface area contributed by atoms with E-state index in [1.807, 2.05) is 30.5 Å². The number of nitrogens with one attached hydrogen (secondary N) is 1. The SMILES string of the molecule is Cc1cc(Br)c2nc(C)c(C(=O)NC3CCCCCC3)n2c1. The second-order valence-electron chi connectivity index (χ2n) is 6.27. The normalized spacial score (nSPS) is 16.7. The third kappa shape index (κ3) is 3.05. The van der Waals surface area contributed by atoms with Gasteiger partial charge in [0.2, 0.25) is 0 Å². The number of halogens is 1. The molecule has 4 nitrogen and oxygen atoms in total. The number of imidazole rings is 1. The molecule has 0 spiro atoms. The van der Waals surface area contributed by atoms with Gasteiger partial charge in [-0.2, -0.15) is 0 Å². The Hall–Kier alpha value is -1.36. The second-order valence-corrected chi connectivity index (χ2v) is 7.12. The predicted octanol–water partition coefficient (Wildman–Crippen LogP) is 4.17. The molecule has 1 amide bonds. The van der Waals surface area contributed by atoms with Gasteiger partial charge in [0.05, 0.1) is 10.2 Å². The monoisotopic (exact) mass is 363 g/mol. The van der Waals surface area contributed by atoms with Crippen LogP contribution in [0.25, 0.3) is 5.65 Å². The molecule has 0 unspecified atom stereocenters. The van der Waals surface area contributed by atoms with E-state index in [9.17, 15) is 4.79 Å². The topological polar surface area (TPSA) is 46.4 Å². The first-order valence-electron chi connectivity index (χ1n) is 8.02. The van der Waals surface area contributed by atoms with E-state index in [1.54, 1.807) is 0 Å². The molecule has 0 saturated heterocycles. The van der Waals surface area contributed by atoms with Crippen molar-refractivity contribution in [2.24, 2.45) is 0 Å². The van der Waals surface area contributed by atoms with E-state index in [0.29, 0.717) is 11.7 Å². The van der Waals surface area contributed by atoms with Gasteiger partial charge in [-0.25, -0.2) is 4.98 Å². The summed E-state index contributed by atoms with van der Waals surface area (Å²) in [5.41, 5.74) is 3.33. The van der Waals surface area contributed by atoms with Crippen LogP contribution >= 0.6 is 15.9 Å². The molecule has 0 aromatic carbocycles. The largest absolute Gasteiger partial charge is 0.348 e. The highest BCUT2D eigenvalue weighted by molar-refractivity contribution is 9.10. The van der Waals surface area contributed by atoms with Crippen molar-refractivity contribution in [1.82, 2.24) is 14.7 Å². The van der Waals surface area contributed by atoms with Crippen LogP contribution < -0.4 is 5.32 Å². The van der Waals surface area contributed by atoms with Crippen molar-refractivity contribution in [3.05, 3.63) is 33.7 Å². The fourth-order valence-electron chi connectivity index (χ4n) is 3.30. The maximum Gasteiger partial charge on any atom is 0.270 e. The third-order valence-electron chi connectivity index (χ3n) is 4.39. The molecule has 5 heteroatoms. The van der Waals surface area contributed by atoms with Crippen LogP contribution in [-0.4, -0.2) is 21.3 Å².